The van der Waals surface area contributed by atoms with E-state index in [1.165, 1.54) is 0 Å². The monoisotopic (exact) mass is 356 g/mol. The van der Waals surface area contributed by atoms with Crippen molar-refractivity contribution in [2.24, 2.45) is 0 Å². The van der Waals surface area contributed by atoms with Gasteiger partial charge in [-0.15, -0.1) is 0 Å². The Morgan fingerprint density at radius 1 is 1.04 bits per heavy atom. The van der Waals surface area contributed by atoms with Gasteiger partial charge in [0.15, 0.2) is 0 Å². The van der Waals surface area contributed by atoms with Crippen LogP contribution in [0.5, 0.6) is 5.75 Å². The van der Waals surface area contributed by atoms with Gasteiger partial charge in [0, 0.05) is 11.1 Å². The summed E-state index contributed by atoms with van der Waals surface area (Å²) in [5.74, 6) is 0.376. The lowest BCUT2D eigenvalue weighted by Crippen LogP contribution is -2.16. The maximum absolute atomic E-state index is 12.1. The fourth-order valence-electron chi connectivity index (χ4n) is 2.76. The number of hydrogen-bond acceptors (Lipinski definition) is 5. The van der Waals surface area contributed by atoms with E-state index in [1.807, 2.05) is 43.3 Å². The Bertz CT molecular complexity index is 1130. The van der Waals surface area contributed by atoms with E-state index in [2.05, 4.69) is 4.98 Å². The quantitative estimate of drug-likeness (QED) is 0.744. The summed E-state index contributed by atoms with van der Waals surface area (Å²) in [4.78, 5) is 14.5. The molecule has 3 N–H and O–H groups in total. The van der Waals surface area contributed by atoms with Crippen molar-refractivity contribution >= 4 is 5.82 Å². The van der Waals surface area contributed by atoms with Crippen molar-refractivity contribution in [2.45, 2.75) is 13.5 Å². The molecule has 1 heterocycles. The van der Waals surface area contributed by atoms with E-state index < -0.39 is 5.56 Å². The van der Waals surface area contributed by atoms with Crippen molar-refractivity contribution in [3.8, 4) is 29.0 Å². The SMILES string of the molecule is Cc1ccc(COc2ccccc2-c2c(C#N)c(N)[nH]c(=O)c2C#N)cc1. The number of nitrogens with two attached hydrogens (primary N) is 1. The second-order valence-corrected chi connectivity index (χ2v) is 5.99. The van der Waals surface area contributed by atoms with Crippen LogP contribution >= 0.6 is 0 Å². The Kier molecular flexibility index (Phi) is 4.92. The van der Waals surface area contributed by atoms with Crippen LogP contribution in [-0.2, 0) is 6.61 Å². The molecule has 3 aromatic rings. The highest BCUT2D eigenvalue weighted by Gasteiger charge is 2.20. The first-order valence-electron chi connectivity index (χ1n) is 8.19. The van der Waals surface area contributed by atoms with Gasteiger partial charge in [0.25, 0.3) is 5.56 Å². The number of aromatic amines is 1. The fourth-order valence-corrected chi connectivity index (χ4v) is 2.76. The molecular weight excluding hydrogens is 340 g/mol. The van der Waals surface area contributed by atoms with E-state index in [1.54, 1.807) is 24.3 Å². The number of para-hydroxylation sites is 1. The third-order valence-corrected chi connectivity index (χ3v) is 4.14. The topological polar surface area (TPSA) is 116 Å². The van der Waals surface area contributed by atoms with Crippen molar-refractivity contribution in [2.75, 3.05) is 5.73 Å². The molecule has 0 aliphatic rings. The van der Waals surface area contributed by atoms with Crippen molar-refractivity contribution in [1.29, 1.82) is 10.5 Å². The summed E-state index contributed by atoms with van der Waals surface area (Å²) in [5.41, 5.74) is 7.79. The molecule has 0 atom stereocenters. The molecule has 3 rings (SSSR count). The predicted molar refractivity (Wildman–Crippen MR) is 102 cm³/mol. The van der Waals surface area contributed by atoms with Crippen LogP contribution in [0.15, 0.2) is 53.3 Å². The average Bonchev–Trinajstić information content (AvgIpc) is 2.67. The van der Waals surface area contributed by atoms with E-state index in [0.717, 1.165) is 11.1 Å². The second kappa shape index (κ2) is 7.47. The van der Waals surface area contributed by atoms with Crippen molar-refractivity contribution in [3.63, 3.8) is 0 Å². The number of nitrogen functional groups attached to an aromatic ring is 1. The minimum absolute atomic E-state index is 0.0394. The zero-order chi connectivity index (χ0) is 19.4. The molecular formula is C21H16N4O2. The lowest BCUT2D eigenvalue weighted by Gasteiger charge is -2.14. The summed E-state index contributed by atoms with van der Waals surface area (Å²) in [6.07, 6.45) is 0. The fraction of sp³-hybridized carbons (Fsp3) is 0.0952. The third kappa shape index (κ3) is 3.51. The van der Waals surface area contributed by atoms with Gasteiger partial charge in [-0.3, -0.25) is 4.79 Å². The van der Waals surface area contributed by atoms with Gasteiger partial charge >= 0.3 is 0 Å². The van der Waals surface area contributed by atoms with E-state index in [9.17, 15) is 15.3 Å². The molecule has 0 amide bonds. The number of hydrogen-bond donors (Lipinski definition) is 2. The number of rotatable bonds is 4. The number of anilines is 1. The highest BCUT2D eigenvalue weighted by atomic mass is 16.5. The number of pyridine rings is 1. The first-order valence-corrected chi connectivity index (χ1v) is 8.19. The van der Waals surface area contributed by atoms with Gasteiger partial charge in [0.1, 0.15) is 41.4 Å². The Morgan fingerprint density at radius 2 is 1.70 bits per heavy atom. The lowest BCUT2D eigenvalue weighted by atomic mass is 9.96. The maximum atomic E-state index is 12.1. The molecule has 1 aromatic heterocycles. The molecule has 2 aromatic carbocycles. The van der Waals surface area contributed by atoms with E-state index in [0.29, 0.717) is 17.9 Å². The summed E-state index contributed by atoms with van der Waals surface area (Å²) >= 11 is 0. The van der Waals surface area contributed by atoms with Crippen LogP contribution in [0.4, 0.5) is 5.82 Å². The maximum Gasteiger partial charge on any atom is 0.268 e. The van der Waals surface area contributed by atoms with E-state index >= 15 is 0 Å². The summed E-state index contributed by atoms with van der Waals surface area (Å²) in [7, 11) is 0. The first kappa shape index (κ1) is 17.8. The van der Waals surface area contributed by atoms with E-state index in [4.69, 9.17) is 10.5 Å². The van der Waals surface area contributed by atoms with Gasteiger partial charge < -0.3 is 15.5 Å². The number of aryl methyl sites for hydroxylation is 1. The van der Waals surface area contributed by atoms with Crippen LogP contribution in [0.25, 0.3) is 11.1 Å². The molecule has 0 bridgehead atoms. The van der Waals surface area contributed by atoms with Crippen LogP contribution in [-0.4, -0.2) is 4.98 Å². The van der Waals surface area contributed by atoms with Gasteiger partial charge in [-0.05, 0) is 18.6 Å². The summed E-state index contributed by atoms with van der Waals surface area (Å²) in [6.45, 7) is 2.31. The Balaban J connectivity index is 2.10. The molecule has 6 heteroatoms. The van der Waals surface area contributed by atoms with E-state index in [-0.39, 0.29) is 22.5 Å². The minimum atomic E-state index is -0.641. The standard InChI is InChI=1S/C21H16N4O2/c1-13-6-8-14(9-7-13)12-27-18-5-3-2-4-15(18)19-16(10-22)20(24)25-21(26)17(19)11-23/h2-9H,12H2,1H3,(H3,24,25,26). The smallest absolute Gasteiger partial charge is 0.268 e. The number of nitriles is 2. The Labute approximate surface area is 156 Å². The molecule has 0 aliphatic carbocycles. The highest BCUT2D eigenvalue weighted by Crippen LogP contribution is 2.35. The molecule has 0 saturated carbocycles. The normalized spacial score (nSPS) is 10.0. The molecule has 0 saturated heterocycles. The largest absolute Gasteiger partial charge is 0.488 e. The number of nitrogens with one attached hydrogen (secondary N) is 1. The molecule has 0 spiro atoms. The Hall–Kier alpha value is -4.03. The summed E-state index contributed by atoms with van der Waals surface area (Å²) in [6, 6.07) is 18.7. The third-order valence-electron chi connectivity index (χ3n) is 4.14. The zero-order valence-corrected chi connectivity index (χ0v) is 14.6. The van der Waals surface area contributed by atoms with Crippen molar-refractivity contribution in [1.82, 2.24) is 4.98 Å². The van der Waals surface area contributed by atoms with Crippen LogP contribution in [0.2, 0.25) is 0 Å². The Morgan fingerprint density at radius 3 is 2.37 bits per heavy atom. The van der Waals surface area contributed by atoms with Crippen LogP contribution in [0.3, 0.4) is 0 Å². The number of nitrogens with zero attached hydrogens (tertiary/aromatic N) is 2. The van der Waals surface area contributed by atoms with Gasteiger partial charge in [0.2, 0.25) is 0 Å². The zero-order valence-electron chi connectivity index (χ0n) is 14.6. The number of benzene rings is 2. The molecule has 6 nitrogen and oxygen atoms in total. The van der Waals surface area contributed by atoms with Gasteiger partial charge in [-0.1, -0.05) is 48.0 Å². The van der Waals surface area contributed by atoms with Gasteiger partial charge in [-0.25, -0.2) is 0 Å². The van der Waals surface area contributed by atoms with Crippen LogP contribution < -0.4 is 16.0 Å². The lowest BCUT2D eigenvalue weighted by molar-refractivity contribution is 0.307. The second-order valence-electron chi connectivity index (χ2n) is 5.99. The molecule has 0 aliphatic heterocycles. The first-order chi connectivity index (χ1) is 13.0. The molecule has 27 heavy (non-hydrogen) atoms. The van der Waals surface area contributed by atoms with Crippen molar-refractivity contribution in [3.05, 3.63) is 81.1 Å². The van der Waals surface area contributed by atoms with Gasteiger partial charge in [0.05, 0.1) is 0 Å². The van der Waals surface area contributed by atoms with Crippen LogP contribution in [0, 0.1) is 29.6 Å². The molecule has 132 valence electrons. The summed E-state index contributed by atoms with van der Waals surface area (Å²) < 4.78 is 5.92. The molecule has 0 fully saturated rings. The average molecular weight is 356 g/mol. The van der Waals surface area contributed by atoms with Crippen molar-refractivity contribution < 1.29 is 4.74 Å². The highest BCUT2D eigenvalue weighted by molar-refractivity contribution is 5.83. The number of aromatic nitrogens is 1. The minimum Gasteiger partial charge on any atom is -0.488 e. The molecule has 0 unspecified atom stereocenters. The van der Waals surface area contributed by atoms with Crippen LogP contribution in [0.1, 0.15) is 22.3 Å². The number of ether oxygens (including phenoxy) is 1. The summed E-state index contributed by atoms with van der Waals surface area (Å²) in [5, 5.41) is 18.9. The molecule has 0 radical (unpaired) electrons. The predicted octanol–water partition coefficient (Wildman–Crippen LogP) is 3.25. The van der Waals surface area contributed by atoms with Gasteiger partial charge in [-0.2, -0.15) is 10.5 Å². The number of H-pyrrole nitrogens is 1.